The average Bonchev–Trinajstić information content (AvgIpc) is 2.48. The number of rotatable bonds is 3. The number of hydrogen-bond acceptors (Lipinski definition) is 5. The van der Waals surface area contributed by atoms with E-state index in [2.05, 4.69) is 15.5 Å². The van der Waals surface area contributed by atoms with Gasteiger partial charge in [-0.2, -0.15) is 0 Å². The van der Waals surface area contributed by atoms with Gasteiger partial charge in [-0.05, 0) is 24.3 Å². The van der Waals surface area contributed by atoms with Crippen molar-refractivity contribution >= 4 is 17.4 Å². The third-order valence-electron chi connectivity index (χ3n) is 2.65. The maximum atomic E-state index is 13.5. The summed E-state index contributed by atoms with van der Waals surface area (Å²) in [5, 5.41) is 23.3. The van der Waals surface area contributed by atoms with Gasteiger partial charge in [0.25, 0.3) is 5.91 Å². The van der Waals surface area contributed by atoms with Crippen molar-refractivity contribution in [2.24, 2.45) is 10.9 Å². The molecular weight excluding hydrogens is 279 g/mol. The Morgan fingerprint density at radius 1 is 1.33 bits per heavy atom. The summed E-state index contributed by atoms with van der Waals surface area (Å²) >= 11 is 0. The van der Waals surface area contributed by atoms with Crippen molar-refractivity contribution in [2.75, 3.05) is 5.32 Å². The molecule has 2 rings (SSSR count). The second kappa shape index (κ2) is 5.87. The van der Waals surface area contributed by atoms with Crippen LogP contribution in [0.3, 0.4) is 0 Å². The second-order valence-corrected chi connectivity index (χ2v) is 4.03. The fourth-order valence-electron chi connectivity index (χ4n) is 1.63. The minimum absolute atomic E-state index is 0.0136. The number of carbonyl (C=O) groups excluding carboxylic acids is 1. The first-order valence-corrected chi connectivity index (χ1v) is 5.74. The Morgan fingerprint density at radius 2 is 2.10 bits per heavy atom. The molecular formula is C13H11FN4O3. The van der Waals surface area contributed by atoms with Gasteiger partial charge < -0.3 is 21.4 Å². The standard InChI is InChI=1S/C13H11FN4O3/c14-10-2-1-7(5-9(10)12(15)18-21)17-13(20)8-3-4-16-6-11(8)19/h1-6,19,21H,(H2,15,18)(H,17,20). The summed E-state index contributed by atoms with van der Waals surface area (Å²) in [7, 11) is 0. The Kier molecular flexibility index (Phi) is 3.98. The van der Waals surface area contributed by atoms with Gasteiger partial charge in [-0.15, -0.1) is 0 Å². The quantitative estimate of drug-likeness (QED) is 0.293. The van der Waals surface area contributed by atoms with E-state index in [-0.39, 0.29) is 22.6 Å². The van der Waals surface area contributed by atoms with Gasteiger partial charge in [-0.3, -0.25) is 9.78 Å². The molecule has 0 atom stereocenters. The molecule has 0 spiro atoms. The summed E-state index contributed by atoms with van der Waals surface area (Å²) in [4.78, 5) is 15.6. The maximum Gasteiger partial charge on any atom is 0.259 e. The SMILES string of the molecule is N/C(=N/O)c1cc(NC(=O)c2ccncc2O)ccc1F. The molecule has 1 aromatic heterocycles. The number of benzene rings is 1. The van der Waals surface area contributed by atoms with Gasteiger partial charge >= 0.3 is 0 Å². The molecule has 0 unspecified atom stereocenters. The number of aromatic nitrogens is 1. The van der Waals surface area contributed by atoms with Gasteiger partial charge in [0.1, 0.15) is 11.6 Å². The normalized spacial score (nSPS) is 11.2. The number of oxime groups is 1. The van der Waals surface area contributed by atoms with Gasteiger partial charge in [0.05, 0.1) is 17.3 Å². The third kappa shape index (κ3) is 3.06. The number of nitrogens with one attached hydrogen (secondary N) is 1. The monoisotopic (exact) mass is 290 g/mol. The Hall–Kier alpha value is -3.16. The van der Waals surface area contributed by atoms with Crippen LogP contribution in [0, 0.1) is 5.82 Å². The summed E-state index contributed by atoms with van der Waals surface area (Å²) in [5.41, 5.74) is 5.41. The fraction of sp³-hybridized carbons (Fsp3) is 0. The molecule has 1 heterocycles. The first-order valence-electron chi connectivity index (χ1n) is 5.74. The van der Waals surface area contributed by atoms with E-state index in [0.717, 1.165) is 12.3 Å². The maximum absolute atomic E-state index is 13.5. The minimum atomic E-state index is -0.699. The van der Waals surface area contributed by atoms with Crippen LogP contribution in [-0.4, -0.2) is 27.0 Å². The summed E-state index contributed by atoms with van der Waals surface area (Å²) in [6.45, 7) is 0. The molecule has 21 heavy (non-hydrogen) atoms. The molecule has 0 aliphatic heterocycles. The Bertz CT molecular complexity index is 718. The lowest BCUT2D eigenvalue weighted by Crippen LogP contribution is -2.17. The molecule has 8 heteroatoms. The topological polar surface area (TPSA) is 121 Å². The van der Waals surface area contributed by atoms with Crippen molar-refractivity contribution in [1.82, 2.24) is 4.98 Å². The van der Waals surface area contributed by atoms with Crippen LogP contribution in [-0.2, 0) is 0 Å². The molecule has 0 saturated heterocycles. The number of hydrogen-bond donors (Lipinski definition) is 4. The van der Waals surface area contributed by atoms with E-state index >= 15 is 0 Å². The molecule has 0 aliphatic rings. The molecule has 2 aromatic rings. The zero-order valence-electron chi connectivity index (χ0n) is 10.6. The van der Waals surface area contributed by atoms with Crippen LogP contribution in [0.2, 0.25) is 0 Å². The molecule has 1 amide bonds. The van der Waals surface area contributed by atoms with Crippen LogP contribution in [0.5, 0.6) is 5.75 Å². The van der Waals surface area contributed by atoms with E-state index in [1.165, 1.54) is 24.4 Å². The predicted octanol–water partition coefficient (Wildman–Crippen LogP) is 1.27. The first-order chi connectivity index (χ1) is 10.0. The highest BCUT2D eigenvalue weighted by Gasteiger charge is 2.13. The van der Waals surface area contributed by atoms with E-state index in [4.69, 9.17) is 10.9 Å². The average molecular weight is 290 g/mol. The third-order valence-corrected chi connectivity index (χ3v) is 2.65. The fourth-order valence-corrected chi connectivity index (χ4v) is 1.63. The number of amides is 1. The molecule has 0 aliphatic carbocycles. The summed E-state index contributed by atoms with van der Waals surface area (Å²) in [5.74, 6) is -2.01. The number of aromatic hydroxyl groups is 1. The number of nitrogens with two attached hydrogens (primary N) is 1. The van der Waals surface area contributed by atoms with Crippen molar-refractivity contribution in [3.05, 3.63) is 53.6 Å². The van der Waals surface area contributed by atoms with E-state index in [1.54, 1.807) is 0 Å². The van der Waals surface area contributed by atoms with Crippen LogP contribution in [0.15, 0.2) is 41.8 Å². The summed E-state index contributed by atoms with van der Waals surface area (Å²) in [6, 6.07) is 4.91. The highest BCUT2D eigenvalue weighted by atomic mass is 19.1. The first kappa shape index (κ1) is 14.3. The van der Waals surface area contributed by atoms with E-state index in [9.17, 15) is 14.3 Å². The minimum Gasteiger partial charge on any atom is -0.505 e. The number of carbonyl (C=O) groups is 1. The van der Waals surface area contributed by atoms with Crippen LogP contribution in [0.4, 0.5) is 10.1 Å². The molecule has 108 valence electrons. The second-order valence-electron chi connectivity index (χ2n) is 4.03. The van der Waals surface area contributed by atoms with E-state index < -0.39 is 17.6 Å². The Balaban J connectivity index is 2.28. The lowest BCUT2D eigenvalue weighted by atomic mass is 10.1. The van der Waals surface area contributed by atoms with Crippen molar-refractivity contribution in [3.63, 3.8) is 0 Å². The number of anilines is 1. The van der Waals surface area contributed by atoms with Gasteiger partial charge in [0, 0.05) is 11.9 Å². The van der Waals surface area contributed by atoms with Gasteiger partial charge in [0.15, 0.2) is 5.84 Å². The smallest absolute Gasteiger partial charge is 0.259 e. The van der Waals surface area contributed by atoms with Crippen molar-refractivity contribution < 1.29 is 19.5 Å². The highest BCUT2D eigenvalue weighted by Crippen LogP contribution is 2.18. The number of amidine groups is 1. The van der Waals surface area contributed by atoms with Crippen LogP contribution in [0.25, 0.3) is 0 Å². The number of pyridine rings is 1. The summed E-state index contributed by atoms with van der Waals surface area (Å²) in [6.07, 6.45) is 2.47. The summed E-state index contributed by atoms with van der Waals surface area (Å²) < 4.78 is 13.5. The van der Waals surface area contributed by atoms with Crippen LogP contribution in [0.1, 0.15) is 15.9 Å². The highest BCUT2D eigenvalue weighted by molar-refractivity contribution is 6.06. The molecule has 1 aromatic carbocycles. The molecule has 0 radical (unpaired) electrons. The van der Waals surface area contributed by atoms with E-state index in [0.29, 0.717) is 0 Å². The van der Waals surface area contributed by atoms with E-state index in [1.807, 2.05) is 0 Å². The van der Waals surface area contributed by atoms with Crippen molar-refractivity contribution in [2.45, 2.75) is 0 Å². The zero-order chi connectivity index (χ0) is 15.4. The number of nitrogens with zero attached hydrogens (tertiary/aromatic N) is 2. The van der Waals surface area contributed by atoms with Crippen LogP contribution >= 0.6 is 0 Å². The lowest BCUT2D eigenvalue weighted by molar-refractivity contribution is 0.102. The molecule has 0 fully saturated rings. The number of halogens is 1. The molecule has 5 N–H and O–H groups in total. The van der Waals surface area contributed by atoms with Gasteiger partial charge in [-0.25, -0.2) is 4.39 Å². The van der Waals surface area contributed by atoms with Crippen LogP contribution < -0.4 is 11.1 Å². The van der Waals surface area contributed by atoms with Crippen molar-refractivity contribution in [1.29, 1.82) is 0 Å². The molecule has 0 saturated carbocycles. The predicted molar refractivity (Wildman–Crippen MR) is 72.8 cm³/mol. The molecule has 7 nitrogen and oxygen atoms in total. The van der Waals surface area contributed by atoms with Crippen molar-refractivity contribution in [3.8, 4) is 5.75 Å². The van der Waals surface area contributed by atoms with Gasteiger partial charge in [-0.1, -0.05) is 5.16 Å². The lowest BCUT2D eigenvalue weighted by Gasteiger charge is -2.08. The zero-order valence-corrected chi connectivity index (χ0v) is 10.6. The molecule has 0 bridgehead atoms. The Labute approximate surface area is 118 Å². The largest absolute Gasteiger partial charge is 0.505 e. The van der Waals surface area contributed by atoms with Gasteiger partial charge in [0.2, 0.25) is 0 Å². The Morgan fingerprint density at radius 3 is 2.76 bits per heavy atom.